The van der Waals surface area contributed by atoms with E-state index in [1.165, 1.54) is 33.4 Å². The van der Waals surface area contributed by atoms with Crippen LogP contribution in [-0.2, 0) is 5.41 Å². The summed E-state index contributed by atoms with van der Waals surface area (Å²) in [5.41, 5.74) is 16.0. The van der Waals surface area contributed by atoms with Gasteiger partial charge in [0, 0.05) is 21.8 Å². The van der Waals surface area contributed by atoms with E-state index in [0.29, 0.717) is 0 Å². The zero-order chi connectivity index (χ0) is 38.4. The average molecular weight is 759 g/mol. The highest BCUT2D eigenvalue weighted by molar-refractivity contribution is 7.09. The monoisotopic (exact) mass is 758 g/mol. The molecule has 0 saturated carbocycles. The van der Waals surface area contributed by atoms with E-state index in [0.717, 1.165) is 66.7 Å². The molecule has 0 unspecified atom stereocenters. The lowest BCUT2D eigenvalue weighted by Gasteiger charge is -2.49. The van der Waals surface area contributed by atoms with Crippen LogP contribution in [0.2, 0.25) is 0 Å². The van der Waals surface area contributed by atoms with Crippen molar-refractivity contribution in [2.45, 2.75) is 5.41 Å². The van der Waals surface area contributed by atoms with E-state index >= 15 is 0 Å². The molecule has 10 aromatic rings. The maximum Gasteiger partial charge on any atom is 0.264 e. The number of thiophene rings is 1. The number of anilines is 3. The van der Waals surface area contributed by atoms with E-state index < -0.39 is 5.41 Å². The van der Waals surface area contributed by atoms with Gasteiger partial charge in [-0.2, -0.15) is 11.3 Å². The molecule has 0 fully saturated rings. The smallest absolute Gasteiger partial charge is 0.264 e. The minimum atomic E-state index is -0.758. The van der Waals surface area contributed by atoms with Gasteiger partial charge < -0.3 is 4.90 Å². The molecule has 1 spiro atoms. The molecule has 58 heavy (non-hydrogen) atoms. The highest BCUT2D eigenvalue weighted by Crippen LogP contribution is 2.61. The first kappa shape index (κ1) is 32.9. The van der Waals surface area contributed by atoms with Crippen molar-refractivity contribution in [3.05, 3.63) is 237 Å². The first-order chi connectivity index (χ1) is 28.7. The van der Waals surface area contributed by atoms with Gasteiger partial charge in [-0.1, -0.05) is 146 Å². The molecule has 0 amide bonds. The predicted molar refractivity (Wildman–Crippen MR) is 241 cm³/mol. The van der Waals surface area contributed by atoms with Crippen LogP contribution >= 0.6 is 11.3 Å². The van der Waals surface area contributed by atoms with Crippen LogP contribution in [0.4, 0.5) is 17.1 Å². The molecule has 0 aliphatic carbocycles. The number of nitrogens with zero attached hydrogens (tertiary/aromatic N) is 2. The van der Waals surface area contributed by atoms with Crippen molar-refractivity contribution in [1.82, 2.24) is 4.57 Å². The first-order valence-corrected chi connectivity index (χ1v) is 20.6. The first-order valence-electron chi connectivity index (χ1n) is 19.7. The molecule has 2 aliphatic heterocycles. The van der Waals surface area contributed by atoms with Crippen molar-refractivity contribution in [2.24, 2.45) is 0 Å². The summed E-state index contributed by atoms with van der Waals surface area (Å²) in [5.74, 6) is 0. The predicted octanol–water partition coefficient (Wildman–Crippen LogP) is 13.7. The number of hydrogen-bond donors (Lipinski definition) is 0. The second-order valence-corrected chi connectivity index (χ2v) is 16.0. The second-order valence-electron chi connectivity index (χ2n) is 15.3. The molecular formula is C54H34N2OS. The summed E-state index contributed by atoms with van der Waals surface area (Å²) >= 11 is 1.59. The van der Waals surface area contributed by atoms with Crippen molar-refractivity contribution in [2.75, 3.05) is 4.90 Å². The van der Waals surface area contributed by atoms with Gasteiger partial charge >= 0.3 is 0 Å². The lowest BCUT2D eigenvalue weighted by atomic mass is 9.60. The maximum absolute atomic E-state index is 14.8. The van der Waals surface area contributed by atoms with E-state index in [-0.39, 0.29) is 5.56 Å². The van der Waals surface area contributed by atoms with Crippen LogP contribution in [0.3, 0.4) is 0 Å². The zero-order valence-corrected chi connectivity index (χ0v) is 32.2. The summed E-state index contributed by atoms with van der Waals surface area (Å²) in [7, 11) is 0. The van der Waals surface area contributed by atoms with Gasteiger partial charge in [0.2, 0.25) is 0 Å². The normalized spacial score (nSPS) is 13.3. The van der Waals surface area contributed by atoms with Gasteiger partial charge in [-0.15, -0.1) is 0 Å². The third-order valence-corrected chi connectivity index (χ3v) is 13.0. The molecule has 0 radical (unpaired) electrons. The van der Waals surface area contributed by atoms with Crippen molar-refractivity contribution in [3.63, 3.8) is 0 Å². The van der Waals surface area contributed by atoms with Crippen molar-refractivity contribution >= 4 is 50.1 Å². The van der Waals surface area contributed by atoms with E-state index in [1.807, 2.05) is 9.95 Å². The quantitative estimate of drug-likeness (QED) is 0.179. The lowest BCUT2D eigenvalue weighted by molar-refractivity contribution is 0.709. The summed E-state index contributed by atoms with van der Waals surface area (Å²) in [5, 5.41) is 6.99. The minimum Gasteiger partial charge on any atom is -0.310 e. The second kappa shape index (κ2) is 12.6. The van der Waals surface area contributed by atoms with Crippen LogP contribution in [0, 0.1) is 0 Å². The Morgan fingerprint density at radius 2 is 0.879 bits per heavy atom. The number of para-hydroxylation sites is 3. The van der Waals surface area contributed by atoms with Crippen LogP contribution in [0.1, 0.15) is 22.3 Å². The molecule has 8 aromatic carbocycles. The topological polar surface area (TPSA) is 25.2 Å². The average Bonchev–Trinajstić information content (AvgIpc) is 3.80. The Labute approximate surface area is 340 Å². The highest BCUT2D eigenvalue weighted by atomic mass is 32.1. The van der Waals surface area contributed by atoms with Gasteiger partial charge in [-0.05, 0) is 110 Å². The van der Waals surface area contributed by atoms with Crippen LogP contribution < -0.4 is 10.5 Å². The number of benzene rings is 8. The number of pyridine rings is 1. The minimum absolute atomic E-state index is 0.0173. The molecule has 2 aliphatic rings. The fourth-order valence-corrected chi connectivity index (χ4v) is 10.7. The Bertz CT molecular complexity index is 3260. The molecular weight excluding hydrogens is 725 g/mol. The van der Waals surface area contributed by atoms with E-state index in [2.05, 4.69) is 204 Å². The van der Waals surface area contributed by atoms with Crippen molar-refractivity contribution in [3.8, 4) is 39.1 Å². The number of hydrogen-bond acceptors (Lipinski definition) is 3. The molecule has 0 bridgehead atoms. The highest BCUT2D eigenvalue weighted by Gasteiger charge is 2.51. The van der Waals surface area contributed by atoms with E-state index in [9.17, 15) is 4.79 Å². The molecule has 0 atom stereocenters. The Hall–Kier alpha value is -7.27. The molecule has 3 nitrogen and oxygen atoms in total. The van der Waals surface area contributed by atoms with E-state index in [4.69, 9.17) is 0 Å². The Morgan fingerprint density at radius 3 is 1.53 bits per heavy atom. The standard InChI is InChI=1S/C54H34N2OS/c57-53-44-34-58-33-43(44)42-31-40(39-19-13-18-38(30-39)36-16-5-2-6-17-36)32-48-52(42)56(53)51-25-12-9-22-47(51)54(48)45-20-7-10-23-49(45)55(50-24-11-8-21-46(50)54)41-28-26-37(27-29-41)35-14-3-1-4-15-35/h1-34H. The van der Waals surface area contributed by atoms with Crippen molar-refractivity contribution in [1.29, 1.82) is 0 Å². The summed E-state index contributed by atoms with van der Waals surface area (Å²) in [6.45, 7) is 0. The third kappa shape index (κ3) is 4.58. The Kier molecular flexibility index (Phi) is 7.16. The molecule has 0 N–H and O–H groups in total. The number of aromatic nitrogens is 1. The van der Waals surface area contributed by atoms with Gasteiger partial charge in [0.25, 0.3) is 5.56 Å². The third-order valence-electron chi connectivity index (χ3n) is 12.3. The maximum atomic E-state index is 14.8. The van der Waals surface area contributed by atoms with Gasteiger partial charge in [0.1, 0.15) is 0 Å². The molecule has 0 saturated heterocycles. The van der Waals surface area contributed by atoms with Gasteiger partial charge in [0.05, 0.1) is 33.4 Å². The fraction of sp³-hybridized carbons (Fsp3) is 0.0185. The summed E-state index contributed by atoms with van der Waals surface area (Å²) in [4.78, 5) is 17.2. The molecule has 2 aromatic heterocycles. The number of rotatable bonds is 4. The Morgan fingerprint density at radius 1 is 0.379 bits per heavy atom. The SMILES string of the molecule is O=c1c2cscc2c2cc(-c3cccc(-c4ccccc4)c3)cc3c2n1-c1ccccc1C31c2ccccc2N(c2ccc(-c3ccccc3)cc2)c2ccccc21. The molecule has 4 heteroatoms. The lowest BCUT2D eigenvalue weighted by Crippen LogP contribution is -2.42. The van der Waals surface area contributed by atoms with Crippen LogP contribution in [0.5, 0.6) is 0 Å². The van der Waals surface area contributed by atoms with E-state index in [1.54, 1.807) is 11.3 Å². The van der Waals surface area contributed by atoms with Crippen LogP contribution in [-0.4, -0.2) is 4.57 Å². The van der Waals surface area contributed by atoms with Gasteiger partial charge in [-0.3, -0.25) is 9.36 Å². The number of fused-ring (bicyclic) bond motifs is 10. The van der Waals surface area contributed by atoms with Gasteiger partial charge in [0.15, 0.2) is 0 Å². The van der Waals surface area contributed by atoms with Crippen LogP contribution in [0.25, 0.3) is 60.7 Å². The fourth-order valence-electron chi connectivity index (χ4n) is 9.83. The summed E-state index contributed by atoms with van der Waals surface area (Å²) < 4.78 is 2.00. The Balaban J connectivity index is 1.19. The zero-order valence-electron chi connectivity index (χ0n) is 31.3. The van der Waals surface area contributed by atoms with Crippen molar-refractivity contribution < 1.29 is 0 Å². The van der Waals surface area contributed by atoms with Gasteiger partial charge in [-0.25, -0.2) is 0 Å². The molecule has 272 valence electrons. The van der Waals surface area contributed by atoms with Crippen LogP contribution in [0.15, 0.2) is 210 Å². The summed E-state index contributed by atoms with van der Waals surface area (Å²) in [6.07, 6.45) is 0. The molecule has 12 rings (SSSR count). The largest absolute Gasteiger partial charge is 0.310 e. The molecule has 4 heterocycles. The summed E-state index contributed by atoms with van der Waals surface area (Å²) in [6, 6.07) is 69.9.